The summed E-state index contributed by atoms with van der Waals surface area (Å²) in [6, 6.07) is 3.40. The Labute approximate surface area is 102 Å². The molecule has 1 atom stereocenters. The third kappa shape index (κ3) is 3.42. The van der Waals surface area contributed by atoms with Crippen molar-refractivity contribution < 1.29 is 27.5 Å². The molecule has 0 saturated carbocycles. The summed E-state index contributed by atoms with van der Waals surface area (Å²) in [5, 5.41) is 8.43. The number of carbonyl (C=O) groups is 1. The normalized spacial score (nSPS) is 13.5. The molecule has 2 nitrogen and oxygen atoms in total. The van der Waals surface area contributed by atoms with Crippen LogP contribution in [0, 0.1) is 5.82 Å². The zero-order valence-corrected chi connectivity index (χ0v) is 9.85. The van der Waals surface area contributed by atoms with E-state index in [0.29, 0.717) is 0 Å². The second kappa shape index (κ2) is 5.03. The highest BCUT2D eigenvalue weighted by Gasteiger charge is 2.43. The quantitative estimate of drug-likeness (QED) is 0.864. The minimum Gasteiger partial charge on any atom is -0.481 e. The fourth-order valence-corrected chi connectivity index (χ4v) is 1.75. The molecule has 0 spiro atoms. The van der Waals surface area contributed by atoms with Crippen molar-refractivity contribution in [3.8, 4) is 0 Å². The lowest BCUT2D eigenvalue weighted by Gasteiger charge is -2.19. The predicted octanol–water partition coefficient (Wildman–Crippen LogP) is 3.71. The first-order valence-corrected chi connectivity index (χ1v) is 5.25. The first kappa shape index (κ1) is 14.0. The molecule has 0 aliphatic rings. The van der Waals surface area contributed by atoms with Crippen LogP contribution in [0.15, 0.2) is 22.7 Å². The summed E-state index contributed by atoms with van der Waals surface area (Å²) >= 11 is 2.76. The monoisotopic (exact) mass is 314 g/mol. The van der Waals surface area contributed by atoms with Gasteiger partial charge in [-0.1, -0.05) is 12.1 Å². The fourth-order valence-electron chi connectivity index (χ4n) is 1.37. The van der Waals surface area contributed by atoms with Gasteiger partial charge in [0.15, 0.2) is 0 Å². The maximum absolute atomic E-state index is 13.5. The molecule has 1 aromatic carbocycles. The van der Waals surface area contributed by atoms with E-state index in [0.717, 1.165) is 6.07 Å². The van der Waals surface area contributed by atoms with Crippen LogP contribution in [0.3, 0.4) is 0 Å². The van der Waals surface area contributed by atoms with Crippen LogP contribution in [0.4, 0.5) is 17.6 Å². The molecule has 0 aliphatic heterocycles. The van der Waals surface area contributed by atoms with Gasteiger partial charge in [-0.3, -0.25) is 4.79 Å². The Morgan fingerprint density at radius 1 is 1.41 bits per heavy atom. The first-order chi connectivity index (χ1) is 7.73. The molecule has 0 radical (unpaired) electrons. The molecule has 0 bridgehead atoms. The van der Waals surface area contributed by atoms with Crippen LogP contribution >= 0.6 is 15.9 Å². The van der Waals surface area contributed by atoms with Gasteiger partial charge >= 0.3 is 12.1 Å². The van der Waals surface area contributed by atoms with E-state index in [-0.39, 0.29) is 4.47 Å². The lowest BCUT2D eigenvalue weighted by atomic mass is 9.94. The van der Waals surface area contributed by atoms with Crippen molar-refractivity contribution in [2.24, 2.45) is 0 Å². The maximum Gasteiger partial charge on any atom is 0.396 e. The second-order valence-electron chi connectivity index (χ2n) is 3.34. The highest BCUT2D eigenvalue weighted by molar-refractivity contribution is 9.10. The first-order valence-electron chi connectivity index (χ1n) is 4.46. The van der Waals surface area contributed by atoms with Crippen molar-refractivity contribution in [2.75, 3.05) is 0 Å². The van der Waals surface area contributed by atoms with Gasteiger partial charge in [0.1, 0.15) is 5.82 Å². The summed E-state index contributed by atoms with van der Waals surface area (Å²) in [5.41, 5.74) is -0.672. The standard InChI is InChI=1S/C10H7BrF4O2/c11-7-3-1-2-5(9(7)12)6(4-8(16)17)10(13,14)15/h1-3,6H,4H2,(H,16,17). The van der Waals surface area contributed by atoms with Gasteiger partial charge in [0.2, 0.25) is 0 Å². The summed E-state index contributed by atoms with van der Waals surface area (Å²) in [7, 11) is 0. The molecule has 1 aromatic rings. The van der Waals surface area contributed by atoms with Crippen LogP contribution in [0.25, 0.3) is 0 Å². The molecule has 0 amide bonds. The van der Waals surface area contributed by atoms with Crippen molar-refractivity contribution in [3.05, 3.63) is 34.1 Å². The van der Waals surface area contributed by atoms with E-state index < -0.39 is 35.9 Å². The zero-order valence-electron chi connectivity index (χ0n) is 8.26. The Bertz CT molecular complexity index is 431. The number of carboxylic acids is 1. The minimum atomic E-state index is -4.81. The third-order valence-corrected chi connectivity index (χ3v) is 2.74. The molecule has 0 saturated heterocycles. The van der Waals surface area contributed by atoms with Crippen molar-refractivity contribution in [2.45, 2.75) is 18.5 Å². The number of halogens is 5. The van der Waals surface area contributed by atoms with Crippen LogP contribution in [0.1, 0.15) is 17.9 Å². The highest BCUT2D eigenvalue weighted by Crippen LogP contribution is 2.39. The molecule has 1 N–H and O–H groups in total. The topological polar surface area (TPSA) is 37.3 Å². The number of hydrogen-bond acceptors (Lipinski definition) is 1. The van der Waals surface area contributed by atoms with Gasteiger partial charge in [-0.05, 0) is 22.0 Å². The average molecular weight is 315 g/mol. The number of rotatable bonds is 3. The number of benzene rings is 1. The Balaban J connectivity index is 3.22. The van der Waals surface area contributed by atoms with Gasteiger partial charge < -0.3 is 5.11 Å². The van der Waals surface area contributed by atoms with E-state index in [2.05, 4.69) is 15.9 Å². The van der Waals surface area contributed by atoms with Crippen LogP contribution < -0.4 is 0 Å². The van der Waals surface area contributed by atoms with E-state index in [1.54, 1.807) is 0 Å². The number of carboxylic acid groups (broad SMARTS) is 1. The number of alkyl halides is 3. The Hall–Kier alpha value is -1.11. The van der Waals surface area contributed by atoms with Crippen LogP contribution in [0.2, 0.25) is 0 Å². The van der Waals surface area contributed by atoms with Gasteiger partial charge in [0.05, 0.1) is 16.8 Å². The van der Waals surface area contributed by atoms with Crippen molar-refractivity contribution >= 4 is 21.9 Å². The SMILES string of the molecule is O=C(O)CC(c1cccc(Br)c1F)C(F)(F)F. The van der Waals surface area contributed by atoms with E-state index >= 15 is 0 Å². The van der Waals surface area contributed by atoms with Gasteiger partial charge in [-0.25, -0.2) is 4.39 Å². The van der Waals surface area contributed by atoms with Gasteiger partial charge in [-0.15, -0.1) is 0 Å². The largest absolute Gasteiger partial charge is 0.481 e. The lowest BCUT2D eigenvalue weighted by Crippen LogP contribution is -2.24. The van der Waals surface area contributed by atoms with Crippen LogP contribution in [0.5, 0.6) is 0 Å². The molecule has 7 heteroatoms. The summed E-state index contributed by atoms with van der Waals surface area (Å²) in [5.74, 6) is -5.07. The number of aliphatic carboxylic acids is 1. The summed E-state index contributed by atoms with van der Waals surface area (Å²) < 4.78 is 51.3. The van der Waals surface area contributed by atoms with E-state index in [1.807, 2.05) is 0 Å². The second-order valence-corrected chi connectivity index (χ2v) is 4.19. The molecule has 0 aromatic heterocycles. The summed E-state index contributed by atoms with van der Waals surface area (Å²) in [4.78, 5) is 10.4. The smallest absolute Gasteiger partial charge is 0.396 e. The minimum absolute atomic E-state index is 0.130. The van der Waals surface area contributed by atoms with Gasteiger partial charge in [0.25, 0.3) is 0 Å². The molecule has 0 aliphatic carbocycles. The van der Waals surface area contributed by atoms with Crippen molar-refractivity contribution in [1.82, 2.24) is 0 Å². The summed E-state index contributed by atoms with van der Waals surface area (Å²) in [6.07, 6.45) is -6.00. The third-order valence-electron chi connectivity index (χ3n) is 2.13. The highest BCUT2D eigenvalue weighted by atomic mass is 79.9. The van der Waals surface area contributed by atoms with Crippen molar-refractivity contribution in [3.63, 3.8) is 0 Å². The molecule has 1 unspecified atom stereocenters. The number of hydrogen-bond donors (Lipinski definition) is 1. The van der Waals surface area contributed by atoms with Crippen LogP contribution in [-0.4, -0.2) is 17.3 Å². The van der Waals surface area contributed by atoms with Crippen LogP contribution in [-0.2, 0) is 4.79 Å². The van der Waals surface area contributed by atoms with Gasteiger partial charge in [-0.2, -0.15) is 13.2 Å². The maximum atomic E-state index is 13.5. The Kier molecular flexibility index (Phi) is 4.13. The van der Waals surface area contributed by atoms with E-state index in [9.17, 15) is 22.4 Å². The summed E-state index contributed by atoms with van der Waals surface area (Å²) in [6.45, 7) is 0. The van der Waals surface area contributed by atoms with Gasteiger partial charge in [0, 0.05) is 5.56 Å². The molecule has 17 heavy (non-hydrogen) atoms. The molecular weight excluding hydrogens is 308 g/mol. The average Bonchev–Trinajstić information content (AvgIpc) is 2.17. The van der Waals surface area contributed by atoms with E-state index in [1.165, 1.54) is 12.1 Å². The molecule has 94 valence electrons. The molecule has 0 fully saturated rings. The molecule has 0 heterocycles. The van der Waals surface area contributed by atoms with Crippen molar-refractivity contribution in [1.29, 1.82) is 0 Å². The lowest BCUT2D eigenvalue weighted by molar-refractivity contribution is -0.163. The Morgan fingerprint density at radius 3 is 2.47 bits per heavy atom. The Morgan fingerprint density at radius 2 is 2.00 bits per heavy atom. The fraction of sp³-hybridized carbons (Fsp3) is 0.300. The molecular formula is C10H7BrF4O2. The predicted molar refractivity (Wildman–Crippen MR) is 55.1 cm³/mol. The zero-order chi connectivity index (χ0) is 13.2. The molecule has 1 rings (SSSR count). The van der Waals surface area contributed by atoms with E-state index in [4.69, 9.17) is 5.11 Å².